The van der Waals surface area contributed by atoms with Crippen molar-refractivity contribution < 1.29 is 0 Å². The highest BCUT2D eigenvalue weighted by molar-refractivity contribution is 5.72. The lowest BCUT2D eigenvalue weighted by Crippen LogP contribution is -1.82. The zero-order valence-corrected chi connectivity index (χ0v) is 8.41. The molecule has 13 heavy (non-hydrogen) atoms. The first-order valence-corrected chi connectivity index (χ1v) is 4.50. The standard InChI is InChI=1S/C12H15N/c1-4-12(13-5-2)11-8-6-7-10(3)9-11/h4-9H,1-3H3/b12-4-,13-5?. The van der Waals surface area contributed by atoms with E-state index in [1.807, 2.05) is 26.1 Å². The Morgan fingerprint density at radius 3 is 2.62 bits per heavy atom. The van der Waals surface area contributed by atoms with E-state index in [2.05, 4.69) is 36.2 Å². The van der Waals surface area contributed by atoms with E-state index in [1.165, 1.54) is 11.1 Å². The zero-order chi connectivity index (χ0) is 9.68. The van der Waals surface area contributed by atoms with Crippen molar-refractivity contribution in [2.24, 2.45) is 4.99 Å². The highest BCUT2D eigenvalue weighted by Gasteiger charge is 1.96. The van der Waals surface area contributed by atoms with Crippen molar-refractivity contribution in [1.82, 2.24) is 0 Å². The summed E-state index contributed by atoms with van der Waals surface area (Å²) < 4.78 is 0. The number of benzene rings is 1. The normalized spacial score (nSPS) is 12.4. The maximum atomic E-state index is 4.29. The Hall–Kier alpha value is -1.37. The van der Waals surface area contributed by atoms with Gasteiger partial charge in [-0.2, -0.15) is 0 Å². The van der Waals surface area contributed by atoms with E-state index in [4.69, 9.17) is 0 Å². The molecule has 0 saturated carbocycles. The minimum Gasteiger partial charge on any atom is -0.261 e. The molecule has 1 rings (SSSR count). The van der Waals surface area contributed by atoms with Gasteiger partial charge >= 0.3 is 0 Å². The Morgan fingerprint density at radius 2 is 2.08 bits per heavy atom. The molecule has 1 nitrogen and oxygen atoms in total. The molecule has 0 bridgehead atoms. The Bertz CT molecular complexity index is 335. The van der Waals surface area contributed by atoms with Crippen LogP contribution in [0.15, 0.2) is 35.3 Å². The van der Waals surface area contributed by atoms with Gasteiger partial charge in [0.25, 0.3) is 0 Å². The molecular weight excluding hydrogens is 158 g/mol. The van der Waals surface area contributed by atoms with Gasteiger partial charge < -0.3 is 0 Å². The van der Waals surface area contributed by atoms with Crippen LogP contribution in [0.5, 0.6) is 0 Å². The Morgan fingerprint density at radius 1 is 1.31 bits per heavy atom. The molecular formula is C12H15N. The zero-order valence-electron chi connectivity index (χ0n) is 8.41. The summed E-state index contributed by atoms with van der Waals surface area (Å²) in [5, 5.41) is 0. The molecule has 0 aliphatic heterocycles. The summed E-state index contributed by atoms with van der Waals surface area (Å²) in [5.74, 6) is 0. The van der Waals surface area contributed by atoms with Gasteiger partial charge in [-0.25, -0.2) is 0 Å². The number of hydrogen-bond donors (Lipinski definition) is 0. The number of hydrogen-bond acceptors (Lipinski definition) is 1. The molecule has 1 heteroatoms. The van der Waals surface area contributed by atoms with Gasteiger partial charge in [0.15, 0.2) is 0 Å². The van der Waals surface area contributed by atoms with Gasteiger partial charge in [0.05, 0.1) is 5.70 Å². The van der Waals surface area contributed by atoms with Crippen molar-refractivity contribution in [3.8, 4) is 0 Å². The van der Waals surface area contributed by atoms with Crippen LogP contribution in [-0.2, 0) is 0 Å². The van der Waals surface area contributed by atoms with E-state index in [-0.39, 0.29) is 0 Å². The van der Waals surface area contributed by atoms with Gasteiger partial charge in [-0.1, -0.05) is 29.8 Å². The molecule has 0 N–H and O–H groups in total. The van der Waals surface area contributed by atoms with E-state index >= 15 is 0 Å². The predicted octanol–water partition coefficient (Wildman–Crippen LogP) is 3.45. The number of rotatable bonds is 2. The molecule has 0 atom stereocenters. The average molecular weight is 173 g/mol. The minimum absolute atomic E-state index is 1.03. The Labute approximate surface area is 79.8 Å². The molecule has 0 fully saturated rings. The minimum atomic E-state index is 1.03. The van der Waals surface area contributed by atoms with Gasteiger partial charge in [-0.3, -0.25) is 4.99 Å². The molecule has 0 heterocycles. The van der Waals surface area contributed by atoms with Gasteiger partial charge in [-0.05, 0) is 26.8 Å². The first-order valence-electron chi connectivity index (χ1n) is 4.50. The van der Waals surface area contributed by atoms with Crippen LogP contribution >= 0.6 is 0 Å². The molecule has 68 valence electrons. The van der Waals surface area contributed by atoms with Crippen molar-refractivity contribution in [3.05, 3.63) is 41.5 Å². The van der Waals surface area contributed by atoms with Crippen LogP contribution in [0.1, 0.15) is 25.0 Å². The van der Waals surface area contributed by atoms with Crippen molar-refractivity contribution >= 4 is 11.9 Å². The summed E-state index contributed by atoms with van der Waals surface area (Å²) in [7, 11) is 0. The molecule has 0 amide bonds. The fraction of sp³-hybridized carbons (Fsp3) is 0.250. The summed E-state index contributed by atoms with van der Waals surface area (Å²) in [6.07, 6.45) is 3.84. The third-order valence-electron chi connectivity index (χ3n) is 1.86. The fourth-order valence-corrected chi connectivity index (χ4v) is 1.26. The fourth-order valence-electron chi connectivity index (χ4n) is 1.26. The second kappa shape index (κ2) is 4.61. The summed E-state index contributed by atoms with van der Waals surface area (Å²) in [5.41, 5.74) is 3.48. The number of nitrogens with zero attached hydrogens (tertiary/aromatic N) is 1. The van der Waals surface area contributed by atoms with Crippen LogP contribution in [0.3, 0.4) is 0 Å². The third kappa shape index (κ3) is 2.55. The van der Waals surface area contributed by atoms with E-state index in [0.717, 1.165) is 5.70 Å². The number of allylic oxidation sites excluding steroid dienone is 1. The first kappa shape index (κ1) is 9.72. The Balaban J connectivity index is 3.06. The van der Waals surface area contributed by atoms with Crippen LogP contribution in [0.4, 0.5) is 0 Å². The van der Waals surface area contributed by atoms with Crippen molar-refractivity contribution in [3.63, 3.8) is 0 Å². The second-order valence-electron chi connectivity index (χ2n) is 2.93. The largest absolute Gasteiger partial charge is 0.261 e. The van der Waals surface area contributed by atoms with Gasteiger partial charge in [0, 0.05) is 11.8 Å². The van der Waals surface area contributed by atoms with Crippen LogP contribution in [-0.4, -0.2) is 6.21 Å². The summed E-state index contributed by atoms with van der Waals surface area (Å²) >= 11 is 0. The van der Waals surface area contributed by atoms with Crippen molar-refractivity contribution in [1.29, 1.82) is 0 Å². The molecule has 0 unspecified atom stereocenters. The monoisotopic (exact) mass is 173 g/mol. The highest BCUT2D eigenvalue weighted by atomic mass is 14.7. The predicted molar refractivity (Wildman–Crippen MR) is 59.0 cm³/mol. The lowest BCUT2D eigenvalue weighted by molar-refractivity contribution is 1.41. The second-order valence-corrected chi connectivity index (χ2v) is 2.93. The molecule has 1 aromatic carbocycles. The molecule has 0 radical (unpaired) electrons. The summed E-state index contributed by atoms with van der Waals surface area (Å²) in [4.78, 5) is 4.29. The van der Waals surface area contributed by atoms with Crippen LogP contribution in [0.25, 0.3) is 5.70 Å². The third-order valence-corrected chi connectivity index (χ3v) is 1.86. The van der Waals surface area contributed by atoms with E-state index in [1.54, 1.807) is 0 Å². The van der Waals surface area contributed by atoms with Crippen molar-refractivity contribution in [2.75, 3.05) is 0 Å². The Kier molecular flexibility index (Phi) is 3.44. The lowest BCUT2D eigenvalue weighted by atomic mass is 10.1. The van der Waals surface area contributed by atoms with Gasteiger partial charge in [0.2, 0.25) is 0 Å². The summed E-state index contributed by atoms with van der Waals surface area (Å²) in [6.45, 7) is 6.02. The van der Waals surface area contributed by atoms with E-state index < -0.39 is 0 Å². The first-order chi connectivity index (χ1) is 6.27. The SMILES string of the molecule is CC=N/C(=C\C)c1cccc(C)c1. The number of aryl methyl sites for hydroxylation is 1. The quantitative estimate of drug-likeness (QED) is 0.607. The molecule has 0 saturated heterocycles. The van der Waals surface area contributed by atoms with Crippen LogP contribution < -0.4 is 0 Å². The average Bonchev–Trinajstić information content (AvgIpc) is 2.14. The van der Waals surface area contributed by atoms with Gasteiger partial charge in [0.1, 0.15) is 0 Å². The van der Waals surface area contributed by atoms with Crippen LogP contribution in [0.2, 0.25) is 0 Å². The summed E-state index contributed by atoms with van der Waals surface area (Å²) in [6, 6.07) is 8.36. The van der Waals surface area contributed by atoms with Crippen molar-refractivity contribution in [2.45, 2.75) is 20.8 Å². The smallest absolute Gasteiger partial charge is 0.0655 e. The van der Waals surface area contributed by atoms with E-state index in [9.17, 15) is 0 Å². The van der Waals surface area contributed by atoms with Crippen LogP contribution in [0, 0.1) is 6.92 Å². The maximum absolute atomic E-state index is 4.29. The molecule has 1 aromatic rings. The molecule has 0 aliphatic carbocycles. The molecule has 0 spiro atoms. The maximum Gasteiger partial charge on any atom is 0.0655 e. The molecule has 0 aromatic heterocycles. The number of aliphatic imine (C=N–C) groups is 1. The topological polar surface area (TPSA) is 12.4 Å². The van der Waals surface area contributed by atoms with Gasteiger partial charge in [-0.15, -0.1) is 0 Å². The lowest BCUT2D eigenvalue weighted by Gasteiger charge is -2.01. The van der Waals surface area contributed by atoms with E-state index in [0.29, 0.717) is 0 Å². The molecule has 0 aliphatic rings. The highest BCUT2D eigenvalue weighted by Crippen LogP contribution is 2.16.